The monoisotopic (exact) mass is 242 g/mol. The van der Waals surface area contributed by atoms with Gasteiger partial charge in [-0.15, -0.1) is 0 Å². The molecule has 2 atom stereocenters. The van der Waals surface area contributed by atoms with Gasteiger partial charge in [-0.2, -0.15) is 0 Å². The Hall–Kier alpha value is -0.810. The van der Waals surface area contributed by atoms with Crippen molar-refractivity contribution in [1.82, 2.24) is 10.2 Å². The molecule has 2 aliphatic heterocycles. The Labute approximate surface area is 102 Å². The summed E-state index contributed by atoms with van der Waals surface area (Å²) in [5, 5.41) is 3.42. The highest BCUT2D eigenvalue weighted by Crippen LogP contribution is 2.19. The van der Waals surface area contributed by atoms with E-state index >= 15 is 0 Å². The highest BCUT2D eigenvalue weighted by molar-refractivity contribution is 5.68. The number of carbonyl (C=O) groups is 1. The lowest BCUT2D eigenvalue weighted by atomic mass is 10.2. The molecule has 0 aromatic heterocycles. The number of nitrogens with zero attached hydrogens (tertiary/aromatic N) is 1. The standard InChI is InChI=1S/C12H22N2O3/c1-12(2,3)17-11(15)14-7-9-10(8-14)16-6-4-5-13-9/h9-10,13H,4-8H2,1-3H3. The van der Waals surface area contributed by atoms with Gasteiger partial charge >= 0.3 is 6.09 Å². The summed E-state index contributed by atoms with van der Waals surface area (Å²) in [6.07, 6.45) is 0.917. The fraction of sp³-hybridized carbons (Fsp3) is 0.917. The Morgan fingerprint density at radius 1 is 1.41 bits per heavy atom. The molecule has 0 spiro atoms. The molecule has 0 aromatic rings. The van der Waals surface area contributed by atoms with Crippen molar-refractivity contribution in [3.63, 3.8) is 0 Å². The van der Waals surface area contributed by atoms with E-state index in [1.54, 1.807) is 4.90 Å². The lowest BCUT2D eigenvalue weighted by molar-refractivity contribution is 0.0215. The summed E-state index contributed by atoms with van der Waals surface area (Å²) in [4.78, 5) is 13.6. The van der Waals surface area contributed by atoms with Gasteiger partial charge in [0.1, 0.15) is 5.60 Å². The molecule has 17 heavy (non-hydrogen) atoms. The van der Waals surface area contributed by atoms with Crippen LogP contribution in [0.1, 0.15) is 27.2 Å². The average molecular weight is 242 g/mol. The van der Waals surface area contributed by atoms with E-state index in [0.717, 1.165) is 19.6 Å². The van der Waals surface area contributed by atoms with Crippen molar-refractivity contribution in [2.45, 2.75) is 44.9 Å². The van der Waals surface area contributed by atoms with Gasteiger partial charge in [0.15, 0.2) is 0 Å². The highest BCUT2D eigenvalue weighted by atomic mass is 16.6. The van der Waals surface area contributed by atoms with Gasteiger partial charge in [0.05, 0.1) is 18.7 Å². The van der Waals surface area contributed by atoms with Crippen molar-refractivity contribution in [3.8, 4) is 0 Å². The van der Waals surface area contributed by atoms with Crippen LogP contribution in [0, 0.1) is 0 Å². The van der Waals surface area contributed by atoms with Crippen LogP contribution in [0.4, 0.5) is 4.79 Å². The van der Waals surface area contributed by atoms with E-state index in [1.807, 2.05) is 20.8 Å². The molecular formula is C12H22N2O3. The Balaban J connectivity index is 1.90. The van der Waals surface area contributed by atoms with E-state index in [9.17, 15) is 4.79 Å². The molecule has 1 amide bonds. The van der Waals surface area contributed by atoms with E-state index in [1.165, 1.54) is 0 Å². The van der Waals surface area contributed by atoms with Crippen molar-refractivity contribution in [2.75, 3.05) is 26.2 Å². The van der Waals surface area contributed by atoms with Gasteiger partial charge < -0.3 is 19.7 Å². The number of carbonyl (C=O) groups excluding carboxylic acids is 1. The Kier molecular flexibility index (Phi) is 3.58. The zero-order valence-electron chi connectivity index (χ0n) is 10.9. The molecule has 0 aromatic carbocycles. The fourth-order valence-electron chi connectivity index (χ4n) is 2.21. The van der Waals surface area contributed by atoms with Crippen LogP contribution in [-0.4, -0.2) is 55.0 Å². The van der Waals surface area contributed by atoms with Crippen LogP contribution >= 0.6 is 0 Å². The zero-order valence-corrected chi connectivity index (χ0v) is 10.9. The molecule has 0 aliphatic carbocycles. The van der Waals surface area contributed by atoms with Gasteiger partial charge in [-0.3, -0.25) is 0 Å². The molecule has 98 valence electrons. The number of hydrogen-bond donors (Lipinski definition) is 1. The Morgan fingerprint density at radius 2 is 2.18 bits per heavy atom. The van der Waals surface area contributed by atoms with Gasteiger partial charge in [-0.05, 0) is 33.7 Å². The molecule has 2 unspecified atom stereocenters. The summed E-state index contributed by atoms with van der Waals surface area (Å²) in [5.41, 5.74) is -0.435. The van der Waals surface area contributed by atoms with E-state index < -0.39 is 5.60 Å². The molecule has 2 heterocycles. The number of fused-ring (bicyclic) bond motifs is 1. The first-order valence-electron chi connectivity index (χ1n) is 6.28. The maximum Gasteiger partial charge on any atom is 0.410 e. The SMILES string of the molecule is CC(C)(C)OC(=O)N1CC2NCCCOC2C1. The van der Waals surface area contributed by atoms with E-state index in [4.69, 9.17) is 9.47 Å². The third-order valence-corrected chi connectivity index (χ3v) is 2.98. The average Bonchev–Trinajstić information content (AvgIpc) is 2.48. The number of rotatable bonds is 0. The summed E-state index contributed by atoms with van der Waals surface area (Å²) in [7, 11) is 0. The third kappa shape index (κ3) is 3.33. The lowest BCUT2D eigenvalue weighted by Crippen LogP contribution is -2.39. The first-order valence-corrected chi connectivity index (χ1v) is 6.28. The topological polar surface area (TPSA) is 50.8 Å². The van der Waals surface area contributed by atoms with E-state index in [-0.39, 0.29) is 18.2 Å². The molecule has 0 radical (unpaired) electrons. The minimum absolute atomic E-state index is 0.116. The summed E-state index contributed by atoms with van der Waals surface area (Å²) < 4.78 is 11.1. The van der Waals surface area contributed by atoms with Crippen molar-refractivity contribution < 1.29 is 14.3 Å². The molecule has 2 rings (SSSR count). The molecule has 2 fully saturated rings. The van der Waals surface area contributed by atoms with E-state index in [2.05, 4.69) is 5.32 Å². The molecule has 1 N–H and O–H groups in total. The largest absolute Gasteiger partial charge is 0.444 e. The molecule has 0 saturated carbocycles. The summed E-state index contributed by atoms with van der Waals surface area (Å²) in [5.74, 6) is 0. The van der Waals surface area contributed by atoms with Crippen LogP contribution in [0.5, 0.6) is 0 Å². The predicted molar refractivity (Wildman–Crippen MR) is 64.0 cm³/mol. The van der Waals surface area contributed by atoms with Crippen LogP contribution < -0.4 is 5.32 Å². The van der Waals surface area contributed by atoms with Crippen LogP contribution in [0.15, 0.2) is 0 Å². The van der Waals surface area contributed by atoms with Crippen molar-refractivity contribution in [1.29, 1.82) is 0 Å². The smallest absolute Gasteiger partial charge is 0.410 e. The van der Waals surface area contributed by atoms with Crippen LogP contribution in [0.2, 0.25) is 0 Å². The second kappa shape index (κ2) is 4.82. The summed E-state index contributed by atoms with van der Waals surface area (Å²) in [6, 6.07) is 0.255. The van der Waals surface area contributed by atoms with Gasteiger partial charge in [-0.25, -0.2) is 4.79 Å². The lowest BCUT2D eigenvalue weighted by Gasteiger charge is -2.24. The number of hydrogen-bond acceptors (Lipinski definition) is 4. The quantitative estimate of drug-likeness (QED) is 0.688. The van der Waals surface area contributed by atoms with Crippen molar-refractivity contribution in [3.05, 3.63) is 0 Å². The van der Waals surface area contributed by atoms with Gasteiger partial charge in [0.2, 0.25) is 0 Å². The highest BCUT2D eigenvalue weighted by Gasteiger charge is 2.38. The molecule has 5 nitrogen and oxygen atoms in total. The summed E-state index contributed by atoms with van der Waals surface area (Å²) >= 11 is 0. The Morgan fingerprint density at radius 3 is 2.88 bits per heavy atom. The normalized spacial score (nSPS) is 29.7. The molecule has 2 aliphatic rings. The second-order valence-electron chi connectivity index (χ2n) is 5.71. The predicted octanol–water partition coefficient (Wildman–Crippen LogP) is 0.984. The van der Waals surface area contributed by atoms with Gasteiger partial charge in [-0.1, -0.05) is 0 Å². The molecule has 0 bridgehead atoms. The fourth-order valence-corrected chi connectivity index (χ4v) is 2.21. The molecular weight excluding hydrogens is 220 g/mol. The van der Waals surface area contributed by atoms with Crippen LogP contribution in [0.25, 0.3) is 0 Å². The zero-order chi connectivity index (χ0) is 12.5. The maximum absolute atomic E-state index is 11.9. The van der Waals surface area contributed by atoms with Gasteiger partial charge in [0, 0.05) is 13.2 Å². The van der Waals surface area contributed by atoms with E-state index in [0.29, 0.717) is 13.1 Å². The van der Waals surface area contributed by atoms with Crippen molar-refractivity contribution in [2.24, 2.45) is 0 Å². The number of nitrogens with one attached hydrogen (secondary N) is 1. The van der Waals surface area contributed by atoms with Crippen LogP contribution in [-0.2, 0) is 9.47 Å². The minimum atomic E-state index is -0.435. The first kappa shape index (κ1) is 12.6. The second-order valence-corrected chi connectivity index (χ2v) is 5.71. The maximum atomic E-state index is 11.9. The third-order valence-electron chi connectivity index (χ3n) is 2.98. The number of likely N-dealkylation sites (tertiary alicyclic amines) is 1. The Bertz CT molecular complexity index is 274. The number of ether oxygens (including phenoxy) is 2. The van der Waals surface area contributed by atoms with Crippen LogP contribution in [0.3, 0.4) is 0 Å². The summed E-state index contributed by atoms with van der Waals surface area (Å²) in [6.45, 7) is 8.70. The molecule has 5 heteroatoms. The van der Waals surface area contributed by atoms with Gasteiger partial charge in [0.25, 0.3) is 0 Å². The van der Waals surface area contributed by atoms with Crippen molar-refractivity contribution >= 4 is 6.09 Å². The minimum Gasteiger partial charge on any atom is -0.444 e. The first-order chi connectivity index (χ1) is 7.96. The molecule has 2 saturated heterocycles. The number of amides is 1.